The molecule has 0 spiro atoms. The Kier molecular flexibility index (Phi) is 5.12. The van der Waals surface area contributed by atoms with Crippen LogP contribution in [0.15, 0.2) is 67.0 Å². The van der Waals surface area contributed by atoms with Crippen LogP contribution in [-0.4, -0.2) is 27.5 Å². The van der Waals surface area contributed by atoms with Crippen LogP contribution in [0.1, 0.15) is 18.4 Å². The number of imidazole rings is 1. The molecule has 1 aromatic heterocycles. The Bertz CT molecular complexity index is 835. The summed E-state index contributed by atoms with van der Waals surface area (Å²) in [7, 11) is 0. The van der Waals surface area contributed by atoms with Crippen molar-refractivity contribution in [3.05, 3.63) is 78.4 Å². The minimum atomic E-state index is -0.0967. The van der Waals surface area contributed by atoms with E-state index in [1.165, 1.54) is 0 Å². The predicted octanol–water partition coefficient (Wildman–Crippen LogP) is 4.60. The first-order valence-corrected chi connectivity index (χ1v) is 9.32. The molecule has 0 N–H and O–H groups in total. The van der Waals surface area contributed by atoms with E-state index in [1.807, 2.05) is 24.4 Å². The fourth-order valence-electron chi connectivity index (χ4n) is 3.78. The topological polar surface area (TPSA) is 21.1 Å². The highest BCUT2D eigenvalue weighted by molar-refractivity contribution is 5.55. The first kappa shape index (κ1) is 17.0. The van der Waals surface area contributed by atoms with E-state index in [-0.39, 0.29) is 5.82 Å². The van der Waals surface area contributed by atoms with Gasteiger partial charge in [0, 0.05) is 36.6 Å². The second kappa shape index (κ2) is 7.83. The van der Waals surface area contributed by atoms with E-state index >= 15 is 0 Å². The maximum atomic E-state index is 13.8. The van der Waals surface area contributed by atoms with Gasteiger partial charge in [0.2, 0.25) is 0 Å². The molecular weight excluding hydrogens is 325 g/mol. The van der Waals surface area contributed by atoms with Crippen LogP contribution in [0.25, 0.3) is 11.4 Å². The van der Waals surface area contributed by atoms with Crippen molar-refractivity contribution in [1.29, 1.82) is 0 Å². The van der Waals surface area contributed by atoms with E-state index in [0.717, 1.165) is 49.4 Å². The van der Waals surface area contributed by atoms with E-state index in [9.17, 15) is 4.39 Å². The van der Waals surface area contributed by atoms with Gasteiger partial charge in [0.25, 0.3) is 0 Å². The summed E-state index contributed by atoms with van der Waals surface area (Å²) in [6.07, 6.45) is 6.24. The average molecular weight is 349 g/mol. The summed E-state index contributed by atoms with van der Waals surface area (Å²) in [4.78, 5) is 6.91. The molecule has 3 nitrogen and oxygen atoms in total. The second-order valence-corrected chi connectivity index (χ2v) is 7.08. The molecule has 0 bridgehead atoms. The number of aromatic nitrogens is 2. The molecular formula is C22H24FN3. The molecule has 3 aromatic rings. The molecule has 26 heavy (non-hydrogen) atoms. The monoisotopic (exact) mass is 349 g/mol. The lowest BCUT2D eigenvalue weighted by Crippen LogP contribution is -2.34. The van der Waals surface area contributed by atoms with Gasteiger partial charge < -0.3 is 4.57 Å². The number of halogens is 1. The van der Waals surface area contributed by atoms with Crippen LogP contribution in [0.5, 0.6) is 0 Å². The van der Waals surface area contributed by atoms with Gasteiger partial charge in [-0.2, -0.15) is 0 Å². The van der Waals surface area contributed by atoms with E-state index < -0.39 is 0 Å². The van der Waals surface area contributed by atoms with Crippen molar-refractivity contribution in [2.24, 2.45) is 5.92 Å². The van der Waals surface area contributed by atoms with Crippen molar-refractivity contribution in [3.63, 3.8) is 0 Å². The number of hydrogen-bond acceptors (Lipinski definition) is 2. The molecule has 0 radical (unpaired) electrons. The van der Waals surface area contributed by atoms with Crippen molar-refractivity contribution in [2.75, 3.05) is 13.1 Å². The highest BCUT2D eigenvalue weighted by Crippen LogP contribution is 2.24. The molecule has 0 amide bonds. The van der Waals surface area contributed by atoms with Gasteiger partial charge in [0.05, 0.1) is 0 Å². The fraction of sp³-hybridized carbons (Fsp3) is 0.318. The lowest BCUT2D eigenvalue weighted by atomic mass is 9.96. The van der Waals surface area contributed by atoms with Crippen molar-refractivity contribution >= 4 is 0 Å². The minimum absolute atomic E-state index is 0.0967. The van der Waals surface area contributed by atoms with Gasteiger partial charge in [-0.25, -0.2) is 9.37 Å². The van der Waals surface area contributed by atoms with Crippen LogP contribution in [0.2, 0.25) is 0 Å². The molecule has 0 atom stereocenters. The summed E-state index contributed by atoms with van der Waals surface area (Å²) >= 11 is 0. The van der Waals surface area contributed by atoms with Gasteiger partial charge in [-0.05, 0) is 37.9 Å². The zero-order chi connectivity index (χ0) is 17.8. The maximum Gasteiger partial charge on any atom is 0.139 e. The number of piperidine rings is 1. The molecule has 0 aliphatic carbocycles. The molecule has 1 aliphatic rings. The minimum Gasteiger partial charge on any atom is -0.331 e. The van der Waals surface area contributed by atoms with Gasteiger partial charge in [0.15, 0.2) is 0 Å². The van der Waals surface area contributed by atoms with Gasteiger partial charge in [-0.15, -0.1) is 0 Å². The van der Waals surface area contributed by atoms with Crippen LogP contribution >= 0.6 is 0 Å². The molecule has 4 rings (SSSR count). The zero-order valence-corrected chi connectivity index (χ0v) is 14.9. The van der Waals surface area contributed by atoms with E-state index in [0.29, 0.717) is 12.5 Å². The Morgan fingerprint density at radius 3 is 2.46 bits per heavy atom. The van der Waals surface area contributed by atoms with E-state index in [1.54, 1.807) is 12.1 Å². The third-order valence-corrected chi connectivity index (χ3v) is 5.26. The number of benzene rings is 2. The smallest absolute Gasteiger partial charge is 0.139 e. The molecule has 0 unspecified atom stereocenters. The molecule has 134 valence electrons. The molecule has 1 fully saturated rings. The summed E-state index contributed by atoms with van der Waals surface area (Å²) in [5.41, 5.74) is 1.96. The predicted molar refractivity (Wildman–Crippen MR) is 102 cm³/mol. The molecule has 1 saturated heterocycles. The first-order valence-electron chi connectivity index (χ1n) is 9.32. The Balaban J connectivity index is 1.35. The molecule has 4 heteroatoms. The zero-order valence-electron chi connectivity index (χ0n) is 14.9. The summed E-state index contributed by atoms with van der Waals surface area (Å²) in [6.45, 7) is 3.75. The van der Waals surface area contributed by atoms with Crippen LogP contribution in [0.4, 0.5) is 4.39 Å². The van der Waals surface area contributed by atoms with Crippen LogP contribution < -0.4 is 0 Å². The van der Waals surface area contributed by atoms with Gasteiger partial charge >= 0.3 is 0 Å². The third kappa shape index (κ3) is 3.86. The van der Waals surface area contributed by atoms with E-state index in [4.69, 9.17) is 0 Å². The first-order chi connectivity index (χ1) is 12.8. The number of hydrogen-bond donors (Lipinski definition) is 0. The molecule has 0 saturated carbocycles. The molecule has 2 aromatic carbocycles. The fourth-order valence-corrected chi connectivity index (χ4v) is 3.78. The standard InChI is InChI=1S/C22H24FN3/c23-21-9-5-4-8-20(21)17-25-13-10-18(11-14-25)16-26-15-12-24-22(26)19-6-2-1-3-7-19/h1-9,12,15,18H,10-11,13-14,16-17H2. The normalized spacial score (nSPS) is 16.0. The summed E-state index contributed by atoms with van der Waals surface area (Å²) in [5, 5.41) is 0. The van der Waals surface area contributed by atoms with Gasteiger partial charge in [-0.1, -0.05) is 48.5 Å². The van der Waals surface area contributed by atoms with Crippen molar-refractivity contribution in [2.45, 2.75) is 25.9 Å². The highest BCUT2D eigenvalue weighted by Gasteiger charge is 2.21. The SMILES string of the molecule is Fc1ccccc1CN1CCC(Cn2ccnc2-c2ccccc2)CC1. The Morgan fingerprint density at radius 1 is 0.962 bits per heavy atom. The number of rotatable bonds is 5. The highest BCUT2D eigenvalue weighted by atomic mass is 19.1. The Labute approximate surface area is 154 Å². The van der Waals surface area contributed by atoms with Crippen LogP contribution in [-0.2, 0) is 13.1 Å². The molecule has 2 heterocycles. The second-order valence-electron chi connectivity index (χ2n) is 7.08. The Morgan fingerprint density at radius 2 is 1.69 bits per heavy atom. The maximum absolute atomic E-state index is 13.8. The largest absolute Gasteiger partial charge is 0.331 e. The number of likely N-dealkylation sites (tertiary alicyclic amines) is 1. The van der Waals surface area contributed by atoms with Crippen molar-refractivity contribution in [3.8, 4) is 11.4 Å². The van der Waals surface area contributed by atoms with Gasteiger partial charge in [-0.3, -0.25) is 4.90 Å². The summed E-state index contributed by atoms with van der Waals surface area (Å²) in [6, 6.07) is 17.4. The molecule has 1 aliphatic heterocycles. The van der Waals surface area contributed by atoms with Crippen molar-refractivity contribution < 1.29 is 4.39 Å². The van der Waals surface area contributed by atoms with Crippen LogP contribution in [0, 0.1) is 11.7 Å². The summed E-state index contributed by atoms with van der Waals surface area (Å²) in [5.74, 6) is 1.59. The lowest BCUT2D eigenvalue weighted by Gasteiger charge is -2.32. The van der Waals surface area contributed by atoms with Gasteiger partial charge in [0.1, 0.15) is 11.6 Å². The third-order valence-electron chi connectivity index (χ3n) is 5.26. The van der Waals surface area contributed by atoms with Crippen molar-refractivity contribution in [1.82, 2.24) is 14.5 Å². The average Bonchev–Trinajstić information content (AvgIpc) is 3.14. The number of nitrogens with zero attached hydrogens (tertiary/aromatic N) is 3. The Hall–Kier alpha value is -2.46. The lowest BCUT2D eigenvalue weighted by molar-refractivity contribution is 0.166. The van der Waals surface area contributed by atoms with Crippen LogP contribution in [0.3, 0.4) is 0 Å². The quantitative estimate of drug-likeness (QED) is 0.671. The summed E-state index contributed by atoms with van der Waals surface area (Å²) < 4.78 is 16.1. The van der Waals surface area contributed by atoms with E-state index in [2.05, 4.69) is 44.9 Å².